The molecule has 2 heterocycles. The second-order valence-corrected chi connectivity index (χ2v) is 17.9. The second kappa shape index (κ2) is 16.1. The van der Waals surface area contributed by atoms with Crippen molar-refractivity contribution in [3.63, 3.8) is 0 Å². The number of nitrogens with zero attached hydrogens (tertiary/aromatic N) is 4. The fraction of sp³-hybridized carbons (Fsp3) is 0.0794. The summed E-state index contributed by atoms with van der Waals surface area (Å²) in [5.41, 5.74) is 14.8. The second-order valence-electron chi connectivity index (χ2n) is 17.9. The van der Waals surface area contributed by atoms with Crippen LogP contribution < -0.4 is 14.5 Å². The van der Waals surface area contributed by atoms with E-state index in [1.54, 1.807) is 0 Å². The molecule has 0 radical (unpaired) electrons. The van der Waals surface area contributed by atoms with Crippen molar-refractivity contribution in [3.05, 3.63) is 274 Å². The highest BCUT2D eigenvalue weighted by Crippen LogP contribution is 2.66. The van der Waals surface area contributed by atoms with E-state index in [1.165, 1.54) is 0 Å². The molecule has 0 spiro atoms. The molecule has 0 N–H and O–H groups in total. The maximum atomic E-state index is 10.8. The molecule has 326 valence electrons. The highest BCUT2D eigenvalue weighted by Gasteiger charge is 2.56. The van der Waals surface area contributed by atoms with Gasteiger partial charge in [0.05, 0.1) is 56.7 Å². The lowest BCUT2D eigenvalue weighted by Crippen LogP contribution is -2.37. The Bertz CT molecular complexity index is 3700. The Morgan fingerprint density at radius 2 is 1.23 bits per heavy atom. The van der Waals surface area contributed by atoms with E-state index in [1.807, 2.05) is 60.7 Å². The number of hydrogen-bond acceptors (Lipinski definition) is 6. The summed E-state index contributed by atoms with van der Waals surface area (Å²) in [7, 11) is 0. The summed E-state index contributed by atoms with van der Waals surface area (Å²) in [5, 5.41) is 23.5. The lowest BCUT2D eigenvalue weighted by atomic mass is 9.65. The van der Waals surface area contributed by atoms with Crippen LogP contribution in [0.2, 0.25) is 0 Å². The number of ether oxygens (including phenoxy) is 1. The van der Waals surface area contributed by atoms with Crippen molar-refractivity contribution in [1.82, 2.24) is 0 Å². The van der Waals surface area contributed by atoms with E-state index in [4.69, 9.17) is 9.15 Å². The molecule has 1 aromatic heterocycles. The third-order valence-corrected chi connectivity index (χ3v) is 14.4. The summed E-state index contributed by atoms with van der Waals surface area (Å²) in [6.07, 6.45) is 7.60. The molecule has 9 aromatic rings. The van der Waals surface area contributed by atoms with Crippen molar-refractivity contribution in [1.29, 1.82) is 10.5 Å². The van der Waals surface area contributed by atoms with Gasteiger partial charge in [-0.05, 0) is 107 Å². The SMILES string of the molecule is N#CC1=C(N(c2ccccc2)c2cc3c(c4oc5ccccc5c24)C2=C(C=C(N(c4ccccc4)c4ccccc4C#N)C4Oc5ccccc5C24)C3(c2ccccc2)c2ccccc2)C=CCC1. The van der Waals surface area contributed by atoms with E-state index in [9.17, 15) is 10.5 Å². The fourth-order valence-electron chi connectivity index (χ4n) is 11.7. The number of anilines is 4. The number of hydrogen-bond donors (Lipinski definition) is 0. The van der Waals surface area contributed by atoms with Gasteiger partial charge in [-0.2, -0.15) is 10.5 Å². The Kier molecular flexibility index (Phi) is 9.35. The molecule has 13 rings (SSSR count). The average Bonchev–Trinajstić information content (AvgIpc) is 4.09. The number of fused-ring (bicyclic) bond motifs is 10. The Hall–Kier alpha value is -9.10. The van der Waals surface area contributed by atoms with Gasteiger partial charge >= 0.3 is 0 Å². The standard InChI is InChI=1S/C63H42N4O2/c64-39-41-21-13-17-33-51(41)66(45-27-9-3-10-28-45)53-37-50-60(62-57(53)47-31-15-19-35-55(47)69-62)59-49(63(50,43-23-5-1-6-24-43)44-25-7-2-8-26-44)38-54(61-58(59)48-32-16-20-36-56(48)68-61)67(46-29-11-4-12-30-46)52-34-18-14-22-42(52)40-65/h1-12,14-20,22-38,58,61H,13,21H2. The topological polar surface area (TPSA) is 76.4 Å². The van der Waals surface area contributed by atoms with Gasteiger partial charge < -0.3 is 19.0 Å². The van der Waals surface area contributed by atoms with E-state index in [0.717, 1.165) is 113 Å². The van der Waals surface area contributed by atoms with Gasteiger partial charge in [-0.15, -0.1) is 0 Å². The molecule has 0 amide bonds. The molecule has 4 aliphatic rings. The number of allylic oxidation sites excluding steroid dienone is 5. The van der Waals surface area contributed by atoms with E-state index < -0.39 is 11.5 Å². The molecular formula is C63H42N4O2. The monoisotopic (exact) mass is 886 g/mol. The van der Waals surface area contributed by atoms with Crippen LogP contribution in [0.3, 0.4) is 0 Å². The van der Waals surface area contributed by atoms with Crippen molar-refractivity contribution >= 4 is 50.3 Å². The lowest BCUT2D eigenvalue weighted by molar-refractivity contribution is 0.255. The van der Waals surface area contributed by atoms with Crippen LogP contribution in [-0.2, 0) is 5.41 Å². The summed E-state index contributed by atoms with van der Waals surface area (Å²) in [6, 6.07) is 74.6. The summed E-state index contributed by atoms with van der Waals surface area (Å²) in [4.78, 5) is 4.52. The molecule has 6 heteroatoms. The highest BCUT2D eigenvalue weighted by molar-refractivity contribution is 6.18. The van der Waals surface area contributed by atoms with Crippen LogP contribution in [0.15, 0.2) is 245 Å². The zero-order chi connectivity index (χ0) is 46.1. The molecule has 3 aliphatic carbocycles. The maximum Gasteiger partial charge on any atom is 0.150 e. The van der Waals surface area contributed by atoms with Gasteiger partial charge in [-0.25, -0.2) is 0 Å². The predicted octanol–water partition coefficient (Wildman–Crippen LogP) is 15.1. The third kappa shape index (κ3) is 5.96. The van der Waals surface area contributed by atoms with Gasteiger partial charge in [0.2, 0.25) is 0 Å². The zero-order valence-electron chi connectivity index (χ0n) is 37.5. The zero-order valence-corrected chi connectivity index (χ0v) is 37.5. The van der Waals surface area contributed by atoms with Crippen LogP contribution in [0, 0.1) is 22.7 Å². The Labute approximate surface area is 400 Å². The van der Waals surface area contributed by atoms with Gasteiger partial charge in [-0.3, -0.25) is 0 Å². The maximum absolute atomic E-state index is 10.8. The van der Waals surface area contributed by atoms with E-state index >= 15 is 0 Å². The normalized spacial score (nSPS) is 17.3. The first kappa shape index (κ1) is 40.2. The lowest BCUT2D eigenvalue weighted by Gasteiger charge is -2.40. The summed E-state index contributed by atoms with van der Waals surface area (Å²) >= 11 is 0. The summed E-state index contributed by atoms with van der Waals surface area (Å²) in [6.45, 7) is 0. The Balaban J connectivity index is 1.24. The van der Waals surface area contributed by atoms with Crippen LogP contribution in [0.25, 0.3) is 27.5 Å². The number of para-hydroxylation sites is 5. The molecule has 2 atom stereocenters. The summed E-state index contributed by atoms with van der Waals surface area (Å²) < 4.78 is 14.7. The molecule has 2 unspecified atom stereocenters. The van der Waals surface area contributed by atoms with Crippen LogP contribution in [-0.4, -0.2) is 6.10 Å². The molecule has 0 fully saturated rings. The smallest absolute Gasteiger partial charge is 0.150 e. The molecule has 69 heavy (non-hydrogen) atoms. The Morgan fingerprint density at radius 3 is 1.94 bits per heavy atom. The number of benzene rings is 8. The van der Waals surface area contributed by atoms with Crippen LogP contribution in [0.4, 0.5) is 22.7 Å². The van der Waals surface area contributed by atoms with Gasteiger partial charge in [0.1, 0.15) is 29.1 Å². The molecule has 0 bridgehead atoms. The van der Waals surface area contributed by atoms with Crippen molar-refractivity contribution in [3.8, 4) is 17.9 Å². The fourth-order valence-corrected chi connectivity index (χ4v) is 11.7. The first-order chi connectivity index (χ1) is 34.2. The summed E-state index contributed by atoms with van der Waals surface area (Å²) in [5.74, 6) is 0.520. The minimum atomic E-state index is -0.919. The Morgan fingerprint density at radius 1 is 0.609 bits per heavy atom. The molecule has 0 saturated heterocycles. The highest BCUT2D eigenvalue weighted by atomic mass is 16.5. The van der Waals surface area contributed by atoms with E-state index in [0.29, 0.717) is 12.0 Å². The van der Waals surface area contributed by atoms with Crippen molar-refractivity contribution in [2.75, 3.05) is 9.80 Å². The third-order valence-electron chi connectivity index (χ3n) is 14.4. The van der Waals surface area contributed by atoms with Gasteiger partial charge in [0.25, 0.3) is 0 Å². The van der Waals surface area contributed by atoms with E-state index in [-0.39, 0.29) is 5.92 Å². The van der Waals surface area contributed by atoms with Crippen molar-refractivity contribution in [2.24, 2.45) is 0 Å². The first-order valence-corrected chi connectivity index (χ1v) is 23.5. The predicted molar refractivity (Wildman–Crippen MR) is 274 cm³/mol. The van der Waals surface area contributed by atoms with Crippen LogP contribution in [0.5, 0.6) is 5.75 Å². The minimum absolute atomic E-state index is 0.300. The number of nitriles is 2. The molecule has 1 aliphatic heterocycles. The quantitative estimate of drug-likeness (QED) is 0.151. The number of rotatable bonds is 8. The van der Waals surface area contributed by atoms with Gasteiger partial charge in [-0.1, -0.05) is 152 Å². The van der Waals surface area contributed by atoms with Crippen LogP contribution in [0.1, 0.15) is 52.1 Å². The van der Waals surface area contributed by atoms with Crippen molar-refractivity contribution in [2.45, 2.75) is 30.3 Å². The number of furan rings is 1. The van der Waals surface area contributed by atoms with Gasteiger partial charge in [0, 0.05) is 27.9 Å². The average molecular weight is 887 g/mol. The van der Waals surface area contributed by atoms with E-state index in [2.05, 4.69) is 180 Å². The van der Waals surface area contributed by atoms with Gasteiger partial charge in [0.15, 0.2) is 0 Å². The minimum Gasteiger partial charge on any atom is -0.483 e. The van der Waals surface area contributed by atoms with Crippen LogP contribution >= 0.6 is 0 Å². The first-order valence-electron chi connectivity index (χ1n) is 23.5. The molecule has 8 aromatic carbocycles. The largest absolute Gasteiger partial charge is 0.483 e. The molecule has 6 nitrogen and oxygen atoms in total. The molecule has 0 saturated carbocycles. The van der Waals surface area contributed by atoms with Crippen molar-refractivity contribution < 1.29 is 9.15 Å². The molecular weight excluding hydrogens is 845 g/mol.